The van der Waals surface area contributed by atoms with E-state index in [1.807, 2.05) is 49.8 Å². The Bertz CT molecular complexity index is 1440. The summed E-state index contributed by atoms with van der Waals surface area (Å²) < 4.78 is 48.7. The van der Waals surface area contributed by atoms with Crippen LogP contribution in [0, 0.1) is 0 Å². The highest BCUT2D eigenvalue weighted by Gasteiger charge is 2.41. The molecule has 33 heavy (non-hydrogen) atoms. The maximum absolute atomic E-state index is 13.9. The van der Waals surface area contributed by atoms with E-state index in [9.17, 15) is 22.4 Å². The monoisotopic (exact) mass is 485 g/mol. The first kappa shape index (κ1) is 23.4. The topological polar surface area (TPSA) is 97.9 Å². The minimum atomic E-state index is -4.28. The lowest BCUT2D eigenvalue weighted by atomic mass is 9.87. The van der Waals surface area contributed by atoms with Gasteiger partial charge in [-0.2, -0.15) is 8.42 Å². The van der Waals surface area contributed by atoms with E-state index in [0.717, 1.165) is 11.4 Å². The molecule has 0 aromatic heterocycles. The molecule has 2 aliphatic rings. The molecule has 2 aromatic rings. The van der Waals surface area contributed by atoms with Crippen LogP contribution in [0.2, 0.25) is 0 Å². The Morgan fingerprint density at radius 3 is 2.36 bits per heavy atom. The van der Waals surface area contributed by atoms with Crippen molar-refractivity contribution in [3.8, 4) is 0 Å². The van der Waals surface area contributed by atoms with Gasteiger partial charge in [0.1, 0.15) is 19.8 Å². The van der Waals surface area contributed by atoms with Crippen LogP contribution in [0.15, 0.2) is 71.6 Å². The van der Waals surface area contributed by atoms with Crippen LogP contribution in [-0.4, -0.2) is 56.3 Å². The first-order valence-corrected chi connectivity index (χ1v) is 13.5. The molecule has 0 bridgehead atoms. The fraction of sp³-hybridized carbons (Fsp3) is 0.208. The largest absolute Gasteiger partial charge is 0.378 e. The first-order valence-electron chi connectivity index (χ1n) is 10.3. The molecule has 1 aliphatic carbocycles. The molecule has 1 heterocycles. The standard InChI is InChI=1S/C24H25N2O5PS/c1-25(2)17-9-11-20-22(13-17)32(27,28)23-14-18(26(3)4)10-12-21(23)24(20)19-8-6-5-7-16(19)15-33(29,30)31/h5-14H,15H2,1-4H3,(H-,27,28,29,30,31)/p+1. The molecule has 2 N–H and O–H groups in total. The average Bonchev–Trinajstić information content (AvgIpc) is 2.73. The predicted molar refractivity (Wildman–Crippen MR) is 132 cm³/mol. The second kappa shape index (κ2) is 8.22. The lowest BCUT2D eigenvalue weighted by Gasteiger charge is -2.31. The summed E-state index contributed by atoms with van der Waals surface area (Å²) in [6.07, 6.45) is 5.38. The van der Waals surface area contributed by atoms with E-state index in [2.05, 4.69) is 0 Å². The summed E-state index contributed by atoms with van der Waals surface area (Å²) in [6, 6.07) is 12.3. The van der Waals surface area contributed by atoms with E-state index in [0.29, 0.717) is 38.5 Å². The van der Waals surface area contributed by atoms with Crippen LogP contribution in [0.3, 0.4) is 0 Å². The number of fused-ring (bicyclic) bond motifs is 2. The molecular formula is C24H26N2O5PS+. The Morgan fingerprint density at radius 1 is 1.03 bits per heavy atom. The second-order valence-electron chi connectivity index (χ2n) is 8.53. The van der Waals surface area contributed by atoms with E-state index in [-0.39, 0.29) is 0 Å². The normalized spacial score (nSPS) is 19.7. The van der Waals surface area contributed by atoms with Crippen LogP contribution in [0.1, 0.15) is 16.7 Å². The lowest BCUT2D eigenvalue weighted by Crippen LogP contribution is -2.24. The molecule has 4 rings (SSSR count). The van der Waals surface area contributed by atoms with Gasteiger partial charge >= 0.3 is 0 Å². The van der Waals surface area contributed by atoms with Gasteiger partial charge in [-0.05, 0) is 46.0 Å². The van der Waals surface area contributed by atoms with Gasteiger partial charge in [-0.25, -0.2) is 4.58 Å². The highest BCUT2D eigenvalue weighted by molar-refractivity contribution is 7.85. The third-order valence-corrected chi connectivity index (χ3v) is 8.53. The van der Waals surface area contributed by atoms with Crippen LogP contribution in [0.5, 0.6) is 0 Å². The maximum atomic E-state index is 13.9. The van der Waals surface area contributed by atoms with Gasteiger partial charge in [0.15, 0.2) is 5.71 Å². The van der Waals surface area contributed by atoms with Gasteiger partial charge in [0.05, 0.1) is 10.6 Å². The number of anilines is 1. The van der Waals surface area contributed by atoms with Crippen LogP contribution < -0.4 is 10.2 Å². The van der Waals surface area contributed by atoms with Gasteiger partial charge in [-0.15, -0.1) is 0 Å². The fourth-order valence-corrected chi connectivity index (χ4v) is 6.72. The summed E-state index contributed by atoms with van der Waals surface area (Å²) in [4.78, 5) is 13.2. The van der Waals surface area contributed by atoms with Crippen molar-refractivity contribution < 1.29 is 27.0 Å². The molecule has 0 spiro atoms. The molecule has 0 radical (unpaired) electrons. The zero-order valence-corrected chi connectivity index (χ0v) is 20.6. The molecule has 7 nitrogen and oxygen atoms in total. The van der Waals surface area contributed by atoms with E-state index in [4.69, 9.17) is 0 Å². The number of hydrogen-bond donors (Lipinski definition) is 2. The summed E-state index contributed by atoms with van der Waals surface area (Å²) in [5.74, 6) is -0.556. The number of nitrogens with zero attached hydrogens (tertiary/aromatic N) is 2. The Labute approximate surface area is 193 Å². The van der Waals surface area contributed by atoms with E-state index < -0.39 is 23.2 Å². The van der Waals surface area contributed by atoms with Crippen molar-refractivity contribution in [1.82, 2.24) is 0 Å². The quantitative estimate of drug-likeness (QED) is 0.393. The van der Waals surface area contributed by atoms with Crippen LogP contribution in [-0.2, 0) is 20.4 Å². The SMILES string of the molecule is CN(C)c1ccc2c(c1)P(=O)(O)C1=CC(=[N+](C)C)C=CC1=C2c1ccccc1CS(=O)(=O)O. The molecule has 0 saturated heterocycles. The summed E-state index contributed by atoms with van der Waals surface area (Å²) in [5, 5.41) is 0.600. The van der Waals surface area contributed by atoms with Crippen molar-refractivity contribution in [2.75, 3.05) is 33.1 Å². The van der Waals surface area contributed by atoms with E-state index in [1.165, 1.54) is 0 Å². The van der Waals surface area contributed by atoms with Gasteiger partial charge in [0.25, 0.3) is 17.5 Å². The molecule has 9 heteroatoms. The molecule has 1 atom stereocenters. The van der Waals surface area contributed by atoms with E-state index >= 15 is 0 Å². The minimum absolute atomic E-state index is 0.300. The van der Waals surface area contributed by atoms with Gasteiger partial charge in [0.2, 0.25) is 0 Å². The molecule has 172 valence electrons. The second-order valence-corrected chi connectivity index (χ2v) is 12.1. The fourth-order valence-electron chi connectivity index (χ4n) is 4.17. The van der Waals surface area contributed by atoms with Crippen LogP contribution >= 0.6 is 7.37 Å². The third-order valence-electron chi connectivity index (χ3n) is 5.81. The summed E-state index contributed by atoms with van der Waals surface area (Å²) in [6.45, 7) is 0. The highest BCUT2D eigenvalue weighted by Crippen LogP contribution is 2.59. The van der Waals surface area contributed by atoms with E-state index in [1.54, 1.807) is 48.6 Å². The predicted octanol–water partition coefficient (Wildman–Crippen LogP) is 3.02. The molecule has 2 aromatic carbocycles. The van der Waals surface area contributed by atoms with Gasteiger partial charge in [0, 0.05) is 31.9 Å². The Kier molecular flexibility index (Phi) is 5.83. The Hall–Kier alpha value is -2.77. The van der Waals surface area contributed by atoms with Crippen LogP contribution in [0.25, 0.3) is 5.57 Å². The van der Waals surface area contributed by atoms with Gasteiger partial charge < -0.3 is 9.79 Å². The molecular weight excluding hydrogens is 459 g/mol. The lowest BCUT2D eigenvalue weighted by molar-refractivity contribution is -0.462. The summed E-state index contributed by atoms with van der Waals surface area (Å²) in [7, 11) is -0.806. The summed E-state index contributed by atoms with van der Waals surface area (Å²) in [5.41, 5.74) is 4.36. The Balaban J connectivity index is 2.11. The van der Waals surface area contributed by atoms with Crippen molar-refractivity contribution in [2.24, 2.45) is 0 Å². The minimum Gasteiger partial charge on any atom is -0.378 e. The number of allylic oxidation sites excluding steroid dienone is 5. The average molecular weight is 486 g/mol. The summed E-state index contributed by atoms with van der Waals surface area (Å²) >= 11 is 0. The maximum Gasteiger partial charge on any atom is 0.269 e. The molecule has 0 amide bonds. The molecule has 1 aliphatic heterocycles. The number of benzene rings is 2. The number of hydrogen-bond acceptors (Lipinski definition) is 4. The van der Waals surface area contributed by atoms with Gasteiger partial charge in [-0.3, -0.25) is 9.12 Å². The van der Waals surface area contributed by atoms with Crippen molar-refractivity contribution in [1.29, 1.82) is 0 Å². The van der Waals surface area contributed by atoms with Crippen molar-refractivity contribution in [3.63, 3.8) is 0 Å². The third kappa shape index (κ3) is 4.27. The molecule has 0 fully saturated rings. The highest BCUT2D eigenvalue weighted by atomic mass is 32.2. The van der Waals surface area contributed by atoms with Crippen molar-refractivity contribution >= 4 is 39.8 Å². The number of rotatable bonds is 4. The Morgan fingerprint density at radius 2 is 1.73 bits per heavy atom. The van der Waals surface area contributed by atoms with Crippen molar-refractivity contribution in [2.45, 2.75) is 5.75 Å². The van der Waals surface area contributed by atoms with Gasteiger partial charge in [-0.1, -0.05) is 30.3 Å². The zero-order chi connectivity index (χ0) is 24.1. The smallest absolute Gasteiger partial charge is 0.269 e. The molecule has 0 saturated carbocycles. The van der Waals surface area contributed by atoms with Crippen LogP contribution in [0.4, 0.5) is 5.69 Å². The molecule has 1 unspecified atom stereocenters. The first-order chi connectivity index (χ1) is 15.4. The van der Waals surface area contributed by atoms with Crippen molar-refractivity contribution in [3.05, 3.63) is 88.3 Å². The zero-order valence-electron chi connectivity index (χ0n) is 18.8.